The van der Waals surface area contributed by atoms with Crippen LogP contribution in [0, 0.1) is 0 Å². The lowest BCUT2D eigenvalue weighted by Gasteiger charge is -2.19. The molecule has 1 aliphatic heterocycles. The van der Waals surface area contributed by atoms with Gasteiger partial charge in [0.15, 0.2) is 0 Å². The van der Waals surface area contributed by atoms with Gasteiger partial charge in [0.05, 0.1) is 5.75 Å². The quantitative estimate of drug-likeness (QED) is 0.394. The number of nitrogens with two attached hydrogens (primary N) is 1. The minimum Gasteiger partial charge on any atom is -0.348 e. The number of carbonyl (C=O) groups excluding carboxylic acids is 2. The number of hydrogen-bond acceptors (Lipinski definition) is 5. The van der Waals surface area contributed by atoms with Crippen LogP contribution in [0.25, 0.3) is 0 Å². The lowest BCUT2D eigenvalue weighted by atomic mass is 10.3. The molecule has 4 N–H and O–H groups in total. The predicted molar refractivity (Wildman–Crippen MR) is 69.7 cm³/mol. The standard InChI is InChI=1S/C10H20N4O4S/c11-19(17,18)8-2-4-13-9(15)10(16)14-6-1-3-12-5-7-14/h12H,1-8H2,(H,13,15)(H2,11,17,18). The first-order valence-electron chi connectivity index (χ1n) is 6.18. The Morgan fingerprint density at radius 2 is 2.00 bits per heavy atom. The molecule has 0 aromatic carbocycles. The molecular formula is C10H20N4O4S. The molecule has 19 heavy (non-hydrogen) atoms. The average molecular weight is 292 g/mol. The van der Waals surface area contributed by atoms with Gasteiger partial charge in [0.2, 0.25) is 10.0 Å². The van der Waals surface area contributed by atoms with Crippen LogP contribution in [-0.2, 0) is 19.6 Å². The van der Waals surface area contributed by atoms with E-state index in [9.17, 15) is 18.0 Å². The van der Waals surface area contributed by atoms with E-state index in [4.69, 9.17) is 5.14 Å². The van der Waals surface area contributed by atoms with Gasteiger partial charge in [-0.2, -0.15) is 0 Å². The summed E-state index contributed by atoms with van der Waals surface area (Å²) in [5, 5.41) is 10.4. The molecule has 1 aliphatic rings. The van der Waals surface area contributed by atoms with E-state index >= 15 is 0 Å². The van der Waals surface area contributed by atoms with E-state index < -0.39 is 21.8 Å². The normalized spacial score (nSPS) is 16.8. The Morgan fingerprint density at radius 1 is 1.26 bits per heavy atom. The highest BCUT2D eigenvalue weighted by Gasteiger charge is 2.21. The Balaban J connectivity index is 2.30. The van der Waals surface area contributed by atoms with Gasteiger partial charge in [-0.15, -0.1) is 0 Å². The Kier molecular flexibility index (Phi) is 6.19. The lowest BCUT2D eigenvalue weighted by Crippen LogP contribution is -2.44. The Hall–Kier alpha value is -1.19. The third kappa shape index (κ3) is 6.50. The van der Waals surface area contributed by atoms with Crippen molar-refractivity contribution >= 4 is 21.8 Å². The summed E-state index contributed by atoms with van der Waals surface area (Å²) in [7, 11) is -3.52. The predicted octanol–water partition coefficient (Wildman–Crippen LogP) is -2.40. The summed E-state index contributed by atoms with van der Waals surface area (Å²) >= 11 is 0. The van der Waals surface area contributed by atoms with Gasteiger partial charge in [-0.1, -0.05) is 0 Å². The topological polar surface area (TPSA) is 122 Å². The van der Waals surface area contributed by atoms with E-state index in [1.54, 1.807) is 0 Å². The van der Waals surface area contributed by atoms with Gasteiger partial charge in [-0.3, -0.25) is 9.59 Å². The number of nitrogens with zero attached hydrogens (tertiary/aromatic N) is 1. The molecule has 0 aromatic rings. The molecule has 0 aromatic heterocycles. The number of nitrogens with one attached hydrogen (secondary N) is 2. The van der Waals surface area contributed by atoms with Gasteiger partial charge in [0.1, 0.15) is 0 Å². The second-order valence-corrected chi connectivity index (χ2v) is 6.11. The molecule has 1 heterocycles. The highest BCUT2D eigenvalue weighted by atomic mass is 32.2. The van der Waals surface area contributed by atoms with Crippen LogP contribution in [-0.4, -0.2) is 63.6 Å². The van der Waals surface area contributed by atoms with Crippen molar-refractivity contribution in [1.82, 2.24) is 15.5 Å². The zero-order chi connectivity index (χ0) is 14.3. The SMILES string of the molecule is NS(=O)(=O)CCCNC(=O)C(=O)N1CCCNCC1. The third-order valence-corrected chi connectivity index (χ3v) is 3.57. The van der Waals surface area contributed by atoms with Gasteiger partial charge in [0, 0.05) is 26.2 Å². The van der Waals surface area contributed by atoms with E-state index in [1.807, 2.05) is 0 Å². The number of amides is 2. The van der Waals surface area contributed by atoms with Crippen LogP contribution in [0.1, 0.15) is 12.8 Å². The van der Waals surface area contributed by atoms with Gasteiger partial charge in [-0.25, -0.2) is 13.6 Å². The maximum Gasteiger partial charge on any atom is 0.311 e. The zero-order valence-corrected chi connectivity index (χ0v) is 11.5. The van der Waals surface area contributed by atoms with E-state index in [0.29, 0.717) is 19.6 Å². The highest BCUT2D eigenvalue weighted by Crippen LogP contribution is 1.96. The van der Waals surface area contributed by atoms with E-state index in [-0.39, 0.29) is 18.7 Å². The fourth-order valence-electron chi connectivity index (χ4n) is 1.74. The molecule has 0 saturated carbocycles. The number of primary sulfonamides is 1. The molecule has 0 aliphatic carbocycles. The molecule has 8 nitrogen and oxygen atoms in total. The van der Waals surface area contributed by atoms with E-state index in [2.05, 4.69) is 10.6 Å². The van der Waals surface area contributed by atoms with Crippen molar-refractivity contribution in [3.8, 4) is 0 Å². The molecule has 1 saturated heterocycles. The molecule has 0 radical (unpaired) electrons. The first kappa shape index (κ1) is 15.9. The summed E-state index contributed by atoms with van der Waals surface area (Å²) in [6.07, 6.45) is 1.00. The minimum atomic E-state index is -3.52. The van der Waals surface area contributed by atoms with Crippen LogP contribution in [0.2, 0.25) is 0 Å². The van der Waals surface area contributed by atoms with Gasteiger partial charge in [-0.05, 0) is 19.4 Å². The van der Waals surface area contributed by atoms with Crippen LogP contribution >= 0.6 is 0 Å². The molecular weight excluding hydrogens is 272 g/mol. The fourth-order valence-corrected chi connectivity index (χ4v) is 2.29. The Morgan fingerprint density at radius 3 is 2.68 bits per heavy atom. The molecule has 2 amide bonds. The average Bonchev–Trinajstić information content (AvgIpc) is 2.61. The second kappa shape index (κ2) is 7.41. The fraction of sp³-hybridized carbons (Fsp3) is 0.800. The van der Waals surface area contributed by atoms with Crippen molar-refractivity contribution in [2.75, 3.05) is 38.5 Å². The van der Waals surface area contributed by atoms with Crippen LogP contribution in [0.4, 0.5) is 0 Å². The minimum absolute atomic E-state index is 0.118. The summed E-state index contributed by atoms with van der Waals surface area (Å²) in [6.45, 7) is 2.68. The first-order chi connectivity index (χ1) is 8.90. The number of sulfonamides is 1. The third-order valence-electron chi connectivity index (χ3n) is 2.71. The zero-order valence-electron chi connectivity index (χ0n) is 10.7. The first-order valence-corrected chi connectivity index (χ1v) is 7.90. The van der Waals surface area contributed by atoms with Crippen molar-refractivity contribution in [1.29, 1.82) is 0 Å². The molecule has 0 unspecified atom stereocenters. The smallest absolute Gasteiger partial charge is 0.311 e. The van der Waals surface area contributed by atoms with Gasteiger partial charge in [0.25, 0.3) is 0 Å². The second-order valence-electron chi connectivity index (χ2n) is 4.37. The number of rotatable bonds is 4. The summed E-state index contributed by atoms with van der Waals surface area (Å²) < 4.78 is 21.4. The lowest BCUT2D eigenvalue weighted by molar-refractivity contribution is -0.145. The van der Waals surface area contributed by atoms with Crippen molar-refractivity contribution in [2.45, 2.75) is 12.8 Å². The van der Waals surface area contributed by atoms with Crippen molar-refractivity contribution < 1.29 is 18.0 Å². The molecule has 9 heteroatoms. The maximum absolute atomic E-state index is 11.8. The number of carbonyl (C=O) groups is 2. The van der Waals surface area contributed by atoms with Crippen molar-refractivity contribution in [3.05, 3.63) is 0 Å². The summed E-state index contributed by atoms with van der Waals surface area (Å²) in [5.41, 5.74) is 0. The molecule has 1 fully saturated rings. The summed E-state index contributed by atoms with van der Waals surface area (Å²) in [5.74, 6) is -1.48. The van der Waals surface area contributed by atoms with E-state index in [0.717, 1.165) is 13.0 Å². The highest BCUT2D eigenvalue weighted by molar-refractivity contribution is 7.89. The Labute approximate surface area is 112 Å². The summed E-state index contributed by atoms with van der Waals surface area (Å²) in [4.78, 5) is 24.9. The molecule has 0 spiro atoms. The van der Waals surface area contributed by atoms with E-state index in [1.165, 1.54) is 4.90 Å². The van der Waals surface area contributed by atoms with Crippen LogP contribution in [0.15, 0.2) is 0 Å². The summed E-state index contributed by atoms with van der Waals surface area (Å²) in [6, 6.07) is 0. The van der Waals surface area contributed by atoms with Crippen molar-refractivity contribution in [2.24, 2.45) is 5.14 Å². The van der Waals surface area contributed by atoms with Gasteiger partial charge < -0.3 is 15.5 Å². The largest absolute Gasteiger partial charge is 0.348 e. The Bertz CT molecular complexity index is 415. The number of hydrogen-bond donors (Lipinski definition) is 3. The maximum atomic E-state index is 11.8. The molecule has 110 valence electrons. The monoisotopic (exact) mass is 292 g/mol. The van der Waals surface area contributed by atoms with Crippen LogP contribution < -0.4 is 15.8 Å². The van der Waals surface area contributed by atoms with Crippen molar-refractivity contribution in [3.63, 3.8) is 0 Å². The molecule has 0 atom stereocenters. The van der Waals surface area contributed by atoms with Gasteiger partial charge >= 0.3 is 11.8 Å². The van der Waals surface area contributed by atoms with Crippen LogP contribution in [0.5, 0.6) is 0 Å². The molecule has 0 bridgehead atoms. The van der Waals surface area contributed by atoms with Crippen LogP contribution in [0.3, 0.4) is 0 Å². The molecule has 1 rings (SSSR count).